The summed E-state index contributed by atoms with van der Waals surface area (Å²) in [5.41, 5.74) is 0. The second-order valence-electron chi connectivity index (χ2n) is 5.64. The molecule has 0 atom stereocenters. The summed E-state index contributed by atoms with van der Waals surface area (Å²) in [7, 11) is 0. The van der Waals surface area contributed by atoms with Crippen molar-refractivity contribution in [3.8, 4) is 0 Å². The van der Waals surface area contributed by atoms with Crippen molar-refractivity contribution >= 4 is 0 Å². The highest BCUT2D eigenvalue weighted by molar-refractivity contribution is 4.88. The third kappa shape index (κ3) is 2.58. The van der Waals surface area contributed by atoms with Crippen molar-refractivity contribution in [1.82, 2.24) is 15.1 Å². The third-order valence-corrected chi connectivity index (χ3v) is 4.45. The maximum absolute atomic E-state index is 3.47. The van der Waals surface area contributed by atoms with Gasteiger partial charge in [-0.25, -0.2) is 0 Å². The highest BCUT2D eigenvalue weighted by Gasteiger charge is 2.31. The van der Waals surface area contributed by atoms with Crippen molar-refractivity contribution in [3.05, 3.63) is 0 Å². The largest absolute Gasteiger partial charge is 0.317 e. The smallest absolute Gasteiger partial charge is 0.0120 e. The van der Waals surface area contributed by atoms with Crippen LogP contribution in [0.1, 0.15) is 32.1 Å². The van der Waals surface area contributed by atoms with Crippen molar-refractivity contribution < 1.29 is 0 Å². The topological polar surface area (TPSA) is 18.5 Å². The van der Waals surface area contributed by atoms with Crippen LogP contribution in [-0.2, 0) is 0 Å². The summed E-state index contributed by atoms with van der Waals surface area (Å²) in [5, 5.41) is 3.47. The van der Waals surface area contributed by atoms with Crippen molar-refractivity contribution in [3.63, 3.8) is 0 Å². The van der Waals surface area contributed by atoms with Crippen LogP contribution in [-0.4, -0.2) is 61.2 Å². The van der Waals surface area contributed by atoms with Gasteiger partial charge in [0, 0.05) is 25.2 Å². The van der Waals surface area contributed by atoms with Gasteiger partial charge in [-0.2, -0.15) is 0 Å². The number of nitrogens with one attached hydrogen (secondary N) is 1. The van der Waals surface area contributed by atoms with E-state index in [-0.39, 0.29) is 0 Å². The maximum atomic E-state index is 3.47. The van der Waals surface area contributed by atoms with Gasteiger partial charge in [0.2, 0.25) is 0 Å². The Hall–Kier alpha value is -0.120. The van der Waals surface area contributed by atoms with E-state index in [9.17, 15) is 0 Å². The summed E-state index contributed by atoms with van der Waals surface area (Å²) >= 11 is 0. The number of hydrogen-bond acceptors (Lipinski definition) is 3. The molecule has 0 radical (unpaired) electrons. The first-order valence-electron chi connectivity index (χ1n) is 7.12. The fraction of sp³-hybridized carbons (Fsp3) is 1.00. The third-order valence-electron chi connectivity index (χ3n) is 4.45. The van der Waals surface area contributed by atoms with E-state index in [1.807, 2.05) is 0 Å². The van der Waals surface area contributed by atoms with Crippen molar-refractivity contribution in [2.75, 3.05) is 39.3 Å². The van der Waals surface area contributed by atoms with Gasteiger partial charge < -0.3 is 5.32 Å². The predicted molar refractivity (Wildman–Crippen MR) is 66.7 cm³/mol. The fourth-order valence-electron chi connectivity index (χ4n) is 3.30. The number of piperidine rings is 1. The zero-order valence-electron chi connectivity index (χ0n) is 10.3. The second-order valence-corrected chi connectivity index (χ2v) is 5.64. The van der Waals surface area contributed by atoms with Crippen molar-refractivity contribution in [2.45, 2.75) is 44.2 Å². The van der Waals surface area contributed by atoms with Gasteiger partial charge >= 0.3 is 0 Å². The molecule has 3 fully saturated rings. The zero-order chi connectivity index (χ0) is 10.8. The highest BCUT2D eigenvalue weighted by Crippen LogP contribution is 2.28. The minimum absolute atomic E-state index is 0.875. The molecule has 0 unspecified atom stereocenters. The van der Waals surface area contributed by atoms with Gasteiger partial charge in [0.05, 0.1) is 0 Å². The summed E-state index contributed by atoms with van der Waals surface area (Å²) in [6.07, 6.45) is 7.05. The summed E-state index contributed by atoms with van der Waals surface area (Å²) in [6.45, 7) is 7.80. The first kappa shape index (κ1) is 11.0. The van der Waals surface area contributed by atoms with Crippen molar-refractivity contribution in [1.29, 1.82) is 0 Å². The lowest BCUT2D eigenvalue weighted by atomic mass is 10.0. The van der Waals surface area contributed by atoms with Gasteiger partial charge in [0.1, 0.15) is 0 Å². The molecule has 0 aromatic rings. The SMILES string of the molecule is C1CN(C2CCNCC2)CCN(C2CC2)C1. The molecule has 0 aromatic carbocycles. The monoisotopic (exact) mass is 223 g/mol. The van der Waals surface area contributed by atoms with Crippen LogP contribution in [0.5, 0.6) is 0 Å². The van der Waals surface area contributed by atoms with E-state index in [0.717, 1.165) is 12.1 Å². The molecule has 0 amide bonds. The number of hydrogen-bond donors (Lipinski definition) is 1. The Morgan fingerprint density at radius 1 is 0.688 bits per heavy atom. The Morgan fingerprint density at radius 2 is 1.25 bits per heavy atom. The molecule has 0 spiro atoms. The summed E-state index contributed by atoms with van der Waals surface area (Å²) < 4.78 is 0. The lowest BCUT2D eigenvalue weighted by molar-refractivity contribution is 0.164. The molecule has 92 valence electrons. The van der Waals surface area contributed by atoms with Crippen LogP contribution in [0.4, 0.5) is 0 Å². The Kier molecular flexibility index (Phi) is 3.46. The molecular weight excluding hydrogens is 198 g/mol. The molecule has 3 aliphatic rings. The molecule has 0 aromatic heterocycles. The Balaban J connectivity index is 1.51. The predicted octanol–water partition coefficient (Wildman–Crippen LogP) is 0.909. The quantitative estimate of drug-likeness (QED) is 0.751. The molecule has 0 bridgehead atoms. The molecule has 2 heterocycles. The van der Waals surface area contributed by atoms with Crippen LogP contribution in [0.15, 0.2) is 0 Å². The van der Waals surface area contributed by atoms with Crippen molar-refractivity contribution in [2.24, 2.45) is 0 Å². The van der Waals surface area contributed by atoms with E-state index < -0.39 is 0 Å². The molecule has 3 nitrogen and oxygen atoms in total. The molecule has 1 aliphatic carbocycles. The molecule has 1 saturated carbocycles. The van der Waals surface area contributed by atoms with Gasteiger partial charge in [-0.15, -0.1) is 0 Å². The lowest BCUT2D eigenvalue weighted by Crippen LogP contribution is -2.44. The van der Waals surface area contributed by atoms with Gasteiger partial charge in [-0.1, -0.05) is 0 Å². The van der Waals surface area contributed by atoms with Crippen LogP contribution in [0, 0.1) is 0 Å². The lowest BCUT2D eigenvalue weighted by Gasteiger charge is -2.33. The standard InChI is InChI=1S/C13H25N3/c1-8-15(12-2-3-12)10-11-16(9-1)13-4-6-14-7-5-13/h12-14H,1-11H2. The van der Waals surface area contributed by atoms with Crippen LogP contribution >= 0.6 is 0 Å². The average molecular weight is 223 g/mol. The van der Waals surface area contributed by atoms with E-state index >= 15 is 0 Å². The normalized spacial score (nSPS) is 31.5. The van der Waals surface area contributed by atoms with Gasteiger partial charge in [-0.3, -0.25) is 9.80 Å². The van der Waals surface area contributed by atoms with Gasteiger partial charge in [-0.05, 0) is 58.3 Å². The zero-order valence-corrected chi connectivity index (χ0v) is 10.3. The molecule has 2 aliphatic heterocycles. The number of nitrogens with zero attached hydrogens (tertiary/aromatic N) is 2. The van der Waals surface area contributed by atoms with Crippen LogP contribution < -0.4 is 5.32 Å². The summed E-state index contributed by atoms with van der Waals surface area (Å²) in [4.78, 5) is 5.50. The molecule has 3 heteroatoms. The molecular formula is C13H25N3. The van der Waals surface area contributed by atoms with Crippen LogP contribution in [0.2, 0.25) is 0 Å². The number of rotatable bonds is 2. The maximum Gasteiger partial charge on any atom is 0.0120 e. The van der Waals surface area contributed by atoms with Gasteiger partial charge in [0.25, 0.3) is 0 Å². The molecule has 3 rings (SSSR count). The van der Waals surface area contributed by atoms with E-state index in [4.69, 9.17) is 0 Å². The van der Waals surface area contributed by atoms with E-state index in [2.05, 4.69) is 15.1 Å². The Labute approximate surface area is 99.2 Å². The average Bonchev–Trinajstić information content (AvgIpc) is 3.16. The van der Waals surface area contributed by atoms with Gasteiger partial charge in [0.15, 0.2) is 0 Å². The molecule has 1 N–H and O–H groups in total. The Morgan fingerprint density at radius 3 is 1.81 bits per heavy atom. The Bertz CT molecular complexity index is 221. The first-order chi connectivity index (χ1) is 7.93. The summed E-state index contributed by atoms with van der Waals surface area (Å²) in [5.74, 6) is 0. The van der Waals surface area contributed by atoms with Crippen LogP contribution in [0.3, 0.4) is 0 Å². The van der Waals surface area contributed by atoms with E-state index in [0.29, 0.717) is 0 Å². The summed E-state index contributed by atoms with van der Waals surface area (Å²) in [6, 6.07) is 1.84. The highest BCUT2D eigenvalue weighted by atomic mass is 15.3. The van der Waals surface area contributed by atoms with Crippen LogP contribution in [0.25, 0.3) is 0 Å². The minimum Gasteiger partial charge on any atom is -0.317 e. The second kappa shape index (κ2) is 5.03. The minimum atomic E-state index is 0.875. The molecule has 2 saturated heterocycles. The van der Waals surface area contributed by atoms with E-state index in [1.165, 1.54) is 71.4 Å². The molecule has 16 heavy (non-hydrogen) atoms. The van der Waals surface area contributed by atoms with E-state index in [1.54, 1.807) is 0 Å². The first-order valence-corrected chi connectivity index (χ1v) is 7.12. The fourth-order valence-corrected chi connectivity index (χ4v) is 3.30.